The Morgan fingerprint density at radius 3 is 2.67 bits per heavy atom. The van der Waals surface area contributed by atoms with Crippen LogP contribution in [0.2, 0.25) is 5.02 Å². The van der Waals surface area contributed by atoms with Crippen LogP contribution in [0.5, 0.6) is 0 Å². The molecule has 0 saturated carbocycles. The molecule has 2 heterocycles. The van der Waals surface area contributed by atoms with Gasteiger partial charge in [0.05, 0.1) is 5.69 Å². The van der Waals surface area contributed by atoms with E-state index in [9.17, 15) is 4.79 Å². The average Bonchev–Trinajstić information content (AvgIpc) is 2.97. The molecule has 0 bridgehead atoms. The average molecular weight is 316 g/mol. The summed E-state index contributed by atoms with van der Waals surface area (Å²) in [5.41, 5.74) is 2.11. The summed E-state index contributed by atoms with van der Waals surface area (Å²) in [6.45, 7) is 0. The molecule has 3 aromatic rings. The van der Waals surface area contributed by atoms with Gasteiger partial charge in [0.15, 0.2) is 5.13 Å². The highest BCUT2D eigenvalue weighted by Gasteiger charge is 2.10. The number of carbonyl (C=O) groups is 1. The third-order valence-corrected chi connectivity index (χ3v) is 3.77. The molecule has 0 aliphatic carbocycles. The number of rotatable bonds is 3. The van der Waals surface area contributed by atoms with Crippen LogP contribution in [0.1, 0.15) is 10.5 Å². The fraction of sp³-hybridized carbons (Fsp3) is 0. The van der Waals surface area contributed by atoms with Crippen LogP contribution in [0.25, 0.3) is 11.3 Å². The van der Waals surface area contributed by atoms with Crippen molar-refractivity contribution >= 4 is 34.0 Å². The van der Waals surface area contributed by atoms with E-state index in [1.54, 1.807) is 24.4 Å². The van der Waals surface area contributed by atoms with E-state index in [2.05, 4.69) is 15.3 Å². The molecule has 6 heteroatoms. The van der Waals surface area contributed by atoms with E-state index in [0.29, 0.717) is 15.8 Å². The number of nitrogens with zero attached hydrogens (tertiary/aromatic N) is 2. The van der Waals surface area contributed by atoms with Crippen molar-refractivity contribution in [2.45, 2.75) is 0 Å². The third-order valence-electron chi connectivity index (χ3n) is 2.76. The van der Waals surface area contributed by atoms with E-state index in [4.69, 9.17) is 11.6 Å². The van der Waals surface area contributed by atoms with Crippen molar-refractivity contribution in [3.8, 4) is 11.3 Å². The summed E-state index contributed by atoms with van der Waals surface area (Å²) in [6.07, 6.45) is 1.58. The van der Waals surface area contributed by atoms with Gasteiger partial charge in [-0.1, -0.05) is 29.8 Å². The zero-order valence-corrected chi connectivity index (χ0v) is 12.4. The molecular weight excluding hydrogens is 306 g/mol. The molecule has 1 aromatic carbocycles. The van der Waals surface area contributed by atoms with Gasteiger partial charge in [-0.15, -0.1) is 11.3 Å². The molecule has 0 spiro atoms. The van der Waals surface area contributed by atoms with E-state index in [-0.39, 0.29) is 5.91 Å². The van der Waals surface area contributed by atoms with Crippen LogP contribution in [0.3, 0.4) is 0 Å². The van der Waals surface area contributed by atoms with Crippen LogP contribution >= 0.6 is 22.9 Å². The van der Waals surface area contributed by atoms with Gasteiger partial charge in [-0.05, 0) is 24.3 Å². The largest absolute Gasteiger partial charge is 0.296 e. The normalized spacial score (nSPS) is 10.3. The van der Waals surface area contributed by atoms with Crippen LogP contribution in [0, 0.1) is 0 Å². The molecule has 0 aliphatic heterocycles. The molecule has 0 aliphatic rings. The Balaban J connectivity index is 1.76. The van der Waals surface area contributed by atoms with Crippen LogP contribution in [-0.2, 0) is 0 Å². The lowest BCUT2D eigenvalue weighted by atomic mass is 10.2. The van der Waals surface area contributed by atoms with Gasteiger partial charge in [0.2, 0.25) is 0 Å². The molecule has 0 atom stereocenters. The molecule has 0 unspecified atom stereocenters. The van der Waals surface area contributed by atoms with Gasteiger partial charge in [0.1, 0.15) is 5.69 Å². The third kappa shape index (κ3) is 3.26. The first-order valence-electron chi connectivity index (χ1n) is 6.16. The summed E-state index contributed by atoms with van der Waals surface area (Å²) in [4.78, 5) is 20.4. The van der Waals surface area contributed by atoms with Crippen molar-refractivity contribution in [2.75, 3.05) is 5.32 Å². The second-order valence-electron chi connectivity index (χ2n) is 4.21. The Labute approximate surface area is 130 Å². The highest BCUT2D eigenvalue weighted by atomic mass is 35.5. The number of hydrogen-bond acceptors (Lipinski definition) is 4. The zero-order chi connectivity index (χ0) is 14.7. The Morgan fingerprint density at radius 1 is 1.14 bits per heavy atom. The molecule has 0 radical (unpaired) electrons. The van der Waals surface area contributed by atoms with Gasteiger partial charge < -0.3 is 0 Å². The smallest absolute Gasteiger partial charge is 0.276 e. The number of hydrogen-bond donors (Lipinski definition) is 1. The number of pyridine rings is 1. The number of amides is 1. The summed E-state index contributed by atoms with van der Waals surface area (Å²) >= 11 is 7.23. The summed E-state index contributed by atoms with van der Waals surface area (Å²) in [5.74, 6) is -0.271. The summed E-state index contributed by atoms with van der Waals surface area (Å²) in [6, 6.07) is 12.6. The van der Waals surface area contributed by atoms with Crippen molar-refractivity contribution in [1.82, 2.24) is 9.97 Å². The summed E-state index contributed by atoms with van der Waals surface area (Å²) < 4.78 is 0. The van der Waals surface area contributed by atoms with E-state index in [1.807, 2.05) is 29.6 Å². The molecule has 2 aromatic heterocycles. The highest BCUT2D eigenvalue weighted by Crippen LogP contribution is 2.26. The number of aromatic nitrogens is 2. The van der Waals surface area contributed by atoms with Gasteiger partial charge >= 0.3 is 0 Å². The number of nitrogens with one attached hydrogen (secondary N) is 1. The van der Waals surface area contributed by atoms with Gasteiger partial charge in [-0.3, -0.25) is 15.1 Å². The first-order valence-corrected chi connectivity index (χ1v) is 7.42. The maximum Gasteiger partial charge on any atom is 0.276 e. The second-order valence-corrected chi connectivity index (χ2v) is 5.51. The van der Waals surface area contributed by atoms with Crippen molar-refractivity contribution < 1.29 is 4.79 Å². The molecule has 1 amide bonds. The second kappa shape index (κ2) is 6.03. The predicted octanol–water partition coefficient (Wildman–Crippen LogP) is 4.11. The number of benzene rings is 1. The van der Waals surface area contributed by atoms with E-state index in [1.165, 1.54) is 11.3 Å². The van der Waals surface area contributed by atoms with E-state index in [0.717, 1.165) is 11.3 Å². The lowest BCUT2D eigenvalue weighted by Gasteiger charge is -2.00. The quantitative estimate of drug-likeness (QED) is 0.791. The Hall–Kier alpha value is -2.24. The summed E-state index contributed by atoms with van der Waals surface area (Å²) in [5, 5.41) is 5.84. The SMILES string of the molecule is O=C(Nc1nc(-c2ccc(Cl)cc2)cs1)c1ccccn1. The van der Waals surface area contributed by atoms with E-state index >= 15 is 0 Å². The summed E-state index contributed by atoms with van der Waals surface area (Å²) in [7, 11) is 0. The highest BCUT2D eigenvalue weighted by molar-refractivity contribution is 7.14. The fourth-order valence-electron chi connectivity index (χ4n) is 1.74. The first-order chi connectivity index (χ1) is 10.2. The lowest BCUT2D eigenvalue weighted by molar-refractivity contribution is 0.102. The van der Waals surface area contributed by atoms with Crippen LogP contribution < -0.4 is 5.32 Å². The molecule has 21 heavy (non-hydrogen) atoms. The number of thiazole rings is 1. The Kier molecular flexibility index (Phi) is 3.94. The van der Waals surface area contributed by atoms with Gasteiger partial charge in [-0.25, -0.2) is 4.98 Å². The molecule has 1 N–H and O–H groups in total. The van der Waals surface area contributed by atoms with Crippen molar-refractivity contribution in [1.29, 1.82) is 0 Å². The number of carbonyl (C=O) groups excluding carboxylic acids is 1. The van der Waals surface area contributed by atoms with Crippen molar-refractivity contribution in [3.63, 3.8) is 0 Å². The van der Waals surface area contributed by atoms with Crippen LogP contribution in [0.4, 0.5) is 5.13 Å². The molecule has 104 valence electrons. The van der Waals surface area contributed by atoms with Crippen molar-refractivity contribution in [3.05, 3.63) is 64.8 Å². The van der Waals surface area contributed by atoms with Crippen molar-refractivity contribution in [2.24, 2.45) is 0 Å². The predicted molar refractivity (Wildman–Crippen MR) is 84.8 cm³/mol. The molecule has 3 rings (SSSR count). The van der Waals surface area contributed by atoms with Crippen LogP contribution in [0.15, 0.2) is 54.0 Å². The fourth-order valence-corrected chi connectivity index (χ4v) is 2.58. The Bertz CT molecular complexity index is 756. The molecule has 4 nitrogen and oxygen atoms in total. The maximum atomic E-state index is 12.0. The molecule has 0 fully saturated rings. The minimum Gasteiger partial charge on any atom is -0.296 e. The topological polar surface area (TPSA) is 54.9 Å². The van der Waals surface area contributed by atoms with E-state index < -0.39 is 0 Å². The first kappa shape index (κ1) is 13.7. The number of halogens is 1. The maximum absolute atomic E-state index is 12.0. The van der Waals surface area contributed by atoms with Crippen LogP contribution in [-0.4, -0.2) is 15.9 Å². The van der Waals surface area contributed by atoms with Gasteiger partial charge in [0, 0.05) is 22.2 Å². The lowest BCUT2D eigenvalue weighted by Crippen LogP contribution is -2.13. The minimum absolute atomic E-state index is 0.271. The molecule has 0 saturated heterocycles. The molecular formula is C15H10ClN3OS. The standard InChI is InChI=1S/C15H10ClN3OS/c16-11-6-4-10(5-7-11)13-9-21-15(18-13)19-14(20)12-3-1-2-8-17-12/h1-9H,(H,18,19,20). The Morgan fingerprint density at radius 2 is 1.95 bits per heavy atom. The van der Waals surface area contributed by atoms with Gasteiger partial charge in [-0.2, -0.15) is 0 Å². The monoisotopic (exact) mass is 315 g/mol. The zero-order valence-electron chi connectivity index (χ0n) is 10.8. The number of anilines is 1. The van der Waals surface area contributed by atoms with Gasteiger partial charge in [0.25, 0.3) is 5.91 Å². The minimum atomic E-state index is -0.271.